The van der Waals surface area contributed by atoms with Crippen molar-refractivity contribution in [1.29, 1.82) is 0 Å². The van der Waals surface area contributed by atoms with E-state index in [1.165, 1.54) is 0 Å². The Bertz CT molecular complexity index is 716. The number of ether oxygens (including phenoxy) is 3. The van der Waals surface area contributed by atoms with Gasteiger partial charge in [0.15, 0.2) is 11.5 Å². The number of hydrogen-bond donors (Lipinski definition) is 2. The standard InChI is InChI=1S/C15H15ClN2O5/c1-3-21-14(19)12-7(2)17-15(20)18-13(12)8-4-10-11(5-9(8)16)23-6-22-10/h4-5,13H,3,6H2,1-2H3,(H2,17,18,20)/t13-/m1/s1. The van der Waals surface area contributed by atoms with E-state index in [2.05, 4.69) is 10.6 Å². The Balaban J connectivity index is 2.07. The fourth-order valence-corrected chi connectivity index (χ4v) is 2.82. The second-order valence-electron chi connectivity index (χ2n) is 5.02. The number of amides is 2. The number of carbonyl (C=O) groups excluding carboxylic acids is 2. The molecule has 3 rings (SSSR count). The summed E-state index contributed by atoms with van der Waals surface area (Å²) >= 11 is 6.30. The van der Waals surface area contributed by atoms with Gasteiger partial charge in [0.25, 0.3) is 0 Å². The van der Waals surface area contributed by atoms with Gasteiger partial charge in [-0.3, -0.25) is 0 Å². The minimum Gasteiger partial charge on any atom is -0.463 e. The average molecular weight is 339 g/mol. The highest BCUT2D eigenvalue weighted by atomic mass is 35.5. The molecule has 2 amide bonds. The number of rotatable bonds is 3. The van der Waals surface area contributed by atoms with Crippen LogP contribution in [0.25, 0.3) is 0 Å². The predicted octanol–water partition coefficient (Wildman–Crippen LogP) is 2.26. The van der Waals surface area contributed by atoms with E-state index in [1.807, 2.05) is 0 Å². The monoisotopic (exact) mass is 338 g/mol. The molecule has 1 atom stereocenters. The highest BCUT2D eigenvalue weighted by Crippen LogP contribution is 2.41. The van der Waals surface area contributed by atoms with E-state index in [0.29, 0.717) is 33.4 Å². The van der Waals surface area contributed by atoms with Crippen molar-refractivity contribution in [2.24, 2.45) is 0 Å². The number of benzene rings is 1. The normalized spacial score (nSPS) is 19.3. The quantitative estimate of drug-likeness (QED) is 0.826. The number of hydrogen-bond acceptors (Lipinski definition) is 5. The van der Waals surface area contributed by atoms with Crippen molar-refractivity contribution in [1.82, 2.24) is 10.6 Å². The lowest BCUT2D eigenvalue weighted by atomic mass is 9.95. The molecule has 0 spiro atoms. The summed E-state index contributed by atoms with van der Waals surface area (Å²) in [6, 6.07) is 2.11. The highest BCUT2D eigenvalue weighted by molar-refractivity contribution is 6.31. The Hall–Kier alpha value is -2.41. The Morgan fingerprint density at radius 1 is 1.39 bits per heavy atom. The molecular weight excluding hydrogens is 324 g/mol. The number of carbonyl (C=O) groups is 2. The van der Waals surface area contributed by atoms with Gasteiger partial charge in [-0.25, -0.2) is 9.59 Å². The highest BCUT2D eigenvalue weighted by Gasteiger charge is 2.34. The van der Waals surface area contributed by atoms with Crippen molar-refractivity contribution < 1.29 is 23.8 Å². The predicted molar refractivity (Wildman–Crippen MR) is 81.3 cm³/mol. The van der Waals surface area contributed by atoms with Crippen LogP contribution < -0.4 is 20.1 Å². The molecule has 7 nitrogen and oxygen atoms in total. The second kappa shape index (κ2) is 6.00. The molecule has 0 saturated carbocycles. The summed E-state index contributed by atoms with van der Waals surface area (Å²) in [5.41, 5.74) is 1.26. The SMILES string of the molecule is CCOC(=O)C1=C(C)NC(=O)N[C@@H]1c1cc2c(cc1Cl)OCO2. The summed E-state index contributed by atoms with van der Waals surface area (Å²) in [6.07, 6.45) is 0. The lowest BCUT2D eigenvalue weighted by Crippen LogP contribution is -2.45. The molecule has 122 valence electrons. The van der Waals surface area contributed by atoms with Crippen molar-refractivity contribution in [3.05, 3.63) is 34.0 Å². The number of esters is 1. The maximum atomic E-state index is 12.3. The van der Waals surface area contributed by atoms with Gasteiger partial charge in [-0.05, 0) is 19.9 Å². The minimum atomic E-state index is -0.732. The summed E-state index contributed by atoms with van der Waals surface area (Å²) in [5, 5.41) is 5.62. The van der Waals surface area contributed by atoms with Gasteiger partial charge in [-0.1, -0.05) is 11.6 Å². The molecule has 0 aromatic heterocycles. The van der Waals surface area contributed by atoms with Crippen molar-refractivity contribution in [3.63, 3.8) is 0 Å². The lowest BCUT2D eigenvalue weighted by molar-refractivity contribution is -0.139. The number of halogens is 1. The number of urea groups is 1. The van der Waals surface area contributed by atoms with Crippen LogP contribution in [0.5, 0.6) is 11.5 Å². The third-order valence-electron chi connectivity index (χ3n) is 3.57. The van der Waals surface area contributed by atoms with Gasteiger partial charge in [0, 0.05) is 17.3 Å². The molecule has 0 aliphatic carbocycles. The topological polar surface area (TPSA) is 85.9 Å². The molecule has 0 fully saturated rings. The Kier molecular flexibility index (Phi) is 4.04. The fourth-order valence-electron chi connectivity index (χ4n) is 2.56. The first kappa shape index (κ1) is 15.5. The van der Waals surface area contributed by atoms with Crippen molar-refractivity contribution >= 4 is 23.6 Å². The van der Waals surface area contributed by atoms with Gasteiger partial charge >= 0.3 is 12.0 Å². The molecule has 0 unspecified atom stereocenters. The van der Waals surface area contributed by atoms with Gasteiger partial charge < -0.3 is 24.8 Å². The molecule has 0 saturated heterocycles. The van der Waals surface area contributed by atoms with Crippen LogP contribution in [0.3, 0.4) is 0 Å². The fraction of sp³-hybridized carbons (Fsp3) is 0.333. The largest absolute Gasteiger partial charge is 0.463 e. The molecule has 2 N–H and O–H groups in total. The average Bonchev–Trinajstić information content (AvgIpc) is 2.92. The second-order valence-corrected chi connectivity index (χ2v) is 5.42. The first-order valence-electron chi connectivity index (χ1n) is 7.05. The van der Waals surface area contributed by atoms with E-state index < -0.39 is 18.0 Å². The van der Waals surface area contributed by atoms with E-state index in [0.717, 1.165) is 0 Å². The first-order chi connectivity index (χ1) is 11.0. The zero-order chi connectivity index (χ0) is 16.6. The van der Waals surface area contributed by atoms with Crippen LogP contribution in [0.2, 0.25) is 5.02 Å². The summed E-state index contributed by atoms with van der Waals surface area (Å²) in [7, 11) is 0. The molecule has 0 bridgehead atoms. The third kappa shape index (κ3) is 2.79. The van der Waals surface area contributed by atoms with Gasteiger partial charge in [0.1, 0.15) is 0 Å². The summed E-state index contributed by atoms with van der Waals surface area (Å²) in [5.74, 6) is 0.520. The van der Waals surface area contributed by atoms with Gasteiger partial charge in [-0.2, -0.15) is 0 Å². The van der Waals surface area contributed by atoms with E-state index in [9.17, 15) is 9.59 Å². The zero-order valence-electron chi connectivity index (χ0n) is 12.6. The number of nitrogens with one attached hydrogen (secondary N) is 2. The Morgan fingerprint density at radius 2 is 2.09 bits per heavy atom. The maximum Gasteiger partial charge on any atom is 0.338 e. The zero-order valence-corrected chi connectivity index (χ0v) is 13.3. The molecule has 2 aliphatic heterocycles. The molecule has 0 radical (unpaired) electrons. The summed E-state index contributed by atoms with van der Waals surface area (Å²) < 4.78 is 15.7. The van der Waals surface area contributed by atoms with Gasteiger partial charge in [0.2, 0.25) is 6.79 Å². The third-order valence-corrected chi connectivity index (χ3v) is 3.89. The van der Waals surface area contributed by atoms with E-state index in [1.54, 1.807) is 26.0 Å². The molecule has 2 aliphatic rings. The molecule has 23 heavy (non-hydrogen) atoms. The lowest BCUT2D eigenvalue weighted by Gasteiger charge is -2.28. The molecule has 8 heteroatoms. The van der Waals surface area contributed by atoms with Gasteiger partial charge in [0.05, 0.1) is 23.2 Å². The van der Waals surface area contributed by atoms with Gasteiger partial charge in [-0.15, -0.1) is 0 Å². The smallest absolute Gasteiger partial charge is 0.338 e. The van der Waals surface area contributed by atoms with Crippen LogP contribution in [-0.4, -0.2) is 25.4 Å². The minimum absolute atomic E-state index is 0.104. The maximum absolute atomic E-state index is 12.3. The summed E-state index contributed by atoms with van der Waals surface area (Å²) in [4.78, 5) is 24.1. The van der Waals surface area contributed by atoms with E-state index in [-0.39, 0.29) is 13.4 Å². The van der Waals surface area contributed by atoms with Crippen LogP contribution in [-0.2, 0) is 9.53 Å². The van der Waals surface area contributed by atoms with Crippen molar-refractivity contribution in [2.75, 3.05) is 13.4 Å². The molecule has 2 heterocycles. The van der Waals surface area contributed by atoms with Crippen LogP contribution in [0.1, 0.15) is 25.5 Å². The van der Waals surface area contributed by atoms with Crippen LogP contribution in [0.4, 0.5) is 4.79 Å². The van der Waals surface area contributed by atoms with E-state index >= 15 is 0 Å². The first-order valence-corrected chi connectivity index (χ1v) is 7.43. The van der Waals surface area contributed by atoms with E-state index in [4.69, 9.17) is 25.8 Å². The summed E-state index contributed by atoms with van der Waals surface area (Å²) in [6.45, 7) is 3.68. The van der Waals surface area contributed by atoms with Crippen molar-refractivity contribution in [3.8, 4) is 11.5 Å². The number of fused-ring (bicyclic) bond motifs is 1. The Morgan fingerprint density at radius 3 is 2.78 bits per heavy atom. The molecule has 1 aromatic rings. The molecule has 1 aromatic carbocycles. The van der Waals surface area contributed by atoms with Crippen LogP contribution >= 0.6 is 11.6 Å². The Labute approximate surface area is 137 Å². The molecular formula is C15H15ClN2O5. The van der Waals surface area contributed by atoms with Crippen LogP contribution in [0, 0.1) is 0 Å². The van der Waals surface area contributed by atoms with Crippen LogP contribution in [0.15, 0.2) is 23.4 Å². The number of allylic oxidation sites excluding steroid dienone is 1. The van der Waals surface area contributed by atoms with Crippen molar-refractivity contribution in [2.45, 2.75) is 19.9 Å².